The van der Waals surface area contributed by atoms with Crippen molar-refractivity contribution in [2.45, 2.75) is 4.90 Å². The van der Waals surface area contributed by atoms with Crippen molar-refractivity contribution >= 4 is 45.5 Å². The second-order valence-electron chi connectivity index (χ2n) is 3.85. The Labute approximate surface area is 133 Å². The Morgan fingerprint density at radius 2 is 2.00 bits per heavy atom. The molecule has 0 spiro atoms. The van der Waals surface area contributed by atoms with E-state index in [0.29, 0.717) is 4.90 Å². The molecule has 2 N–H and O–H groups in total. The van der Waals surface area contributed by atoms with Gasteiger partial charge in [-0.2, -0.15) is 0 Å². The van der Waals surface area contributed by atoms with Gasteiger partial charge in [0.1, 0.15) is 0 Å². The molecule has 2 aromatic rings. The Balaban J connectivity index is 2.01. The molecule has 0 radical (unpaired) electrons. The molecule has 6 nitrogen and oxygen atoms in total. The first kappa shape index (κ1) is 15.5. The van der Waals surface area contributed by atoms with Gasteiger partial charge >= 0.3 is 5.97 Å². The lowest BCUT2D eigenvalue weighted by atomic mass is 10.2. The van der Waals surface area contributed by atoms with Gasteiger partial charge in [-0.1, -0.05) is 15.9 Å². The lowest BCUT2D eigenvalue weighted by Gasteiger charge is -2.06. The molecule has 21 heavy (non-hydrogen) atoms. The summed E-state index contributed by atoms with van der Waals surface area (Å²) >= 11 is 4.42. The second kappa shape index (κ2) is 7.19. The molecule has 0 bridgehead atoms. The summed E-state index contributed by atoms with van der Waals surface area (Å²) in [5.41, 5.74) is 0.159. The van der Waals surface area contributed by atoms with Gasteiger partial charge in [0.05, 0.1) is 11.3 Å². The van der Waals surface area contributed by atoms with Crippen LogP contribution in [0.15, 0.2) is 46.0 Å². The third kappa shape index (κ3) is 4.54. The standard InChI is InChI=1S/C13H10BrN3O3S/c14-8-2-3-9(12(19)20)10(6-8)21-7-11(18)17-13-15-4-1-5-16-13/h1-6H,7H2,(H,19,20)(H,15,16,17,18). The number of halogens is 1. The minimum Gasteiger partial charge on any atom is -0.478 e. The molecule has 1 aromatic heterocycles. The van der Waals surface area contributed by atoms with Crippen molar-refractivity contribution < 1.29 is 14.7 Å². The number of aromatic nitrogens is 2. The minimum atomic E-state index is -1.03. The summed E-state index contributed by atoms with van der Waals surface area (Å²) in [4.78, 5) is 31.2. The van der Waals surface area contributed by atoms with Crippen molar-refractivity contribution in [1.29, 1.82) is 0 Å². The fraction of sp³-hybridized carbons (Fsp3) is 0.0769. The van der Waals surface area contributed by atoms with Gasteiger partial charge in [-0.15, -0.1) is 11.8 Å². The van der Waals surface area contributed by atoms with Gasteiger partial charge in [-0.05, 0) is 24.3 Å². The number of aromatic carboxylic acids is 1. The van der Waals surface area contributed by atoms with Crippen LogP contribution in [0.3, 0.4) is 0 Å². The zero-order chi connectivity index (χ0) is 15.2. The van der Waals surface area contributed by atoms with E-state index in [9.17, 15) is 9.59 Å². The molecule has 8 heteroatoms. The minimum absolute atomic E-state index is 0.0645. The van der Waals surface area contributed by atoms with E-state index in [-0.39, 0.29) is 23.2 Å². The SMILES string of the molecule is O=C(CSc1cc(Br)ccc1C(=O)O)Nc1ncccn1. The molecule has 108 valence electrons. The maximum absolute atomic E-state index is 11.8. The summed E-state index contributed by atoms with van der Waals surface area (Å²) < 4.78 is 0.752. The lowest BCUT2D eigenvalue weighted by molar-refractivity contribution is -0.113. The molecule has 0 saturated heterocycles. The number of hydrogen-bond donors (Lipinski definition) is 2. The second-order valence-corrected chi connectivity index (χ2v) is 5.79. The van der Waals surface area contributed by atoms with Gasteiger partial charge in [0.25, 0.3) is 0 Å². The van der Waals surface area contributed by atoms with Crippen LogP contribution in [0.5, 0.6) is 0 Å². The zero-order valence-electron chi connectivity index (χ0n) is 10.6. The maximum Gasteiger partial charge on any atom is 0.336 e. The Bertz CT molecular complexity index is 667. The first-order chi connectivity index (χ1) is 10.1. The average Bonchev–Trinajstić information content (AvgIpc) is 2.46. The number of carboxylic acids is 1. The predicted octanol–water partition coefficient (Wildman–Crippen LogP) is 2.67. The topological polar surface area (TPSA) is 92.2 Å². The highest BCUT2D eigenvalue weighted by Gasteiger charge is 2.13. The van der Waals surface area contributed by atoms with E-state index in [1.807, 2.05) is 0 Å². The Hall–Kier alpha value is -1.93. The number of nitrogens with one attached hydrogen (secondary N) is 1. The summed E-state index contributed by atoms with van der Waals surface area (Å²) in [6, 6.07) is 6.45. The van der Waals surface area contributed by atoms with Gasteiger partial charge in [0.2, 0.25) is 11.9 Å². The van der Waals surface area contributed by atoms with E-state index in [1.54, 1.807) is 18.2 Å². The number of hydrogen-bond acceptors (Lipinski definition) is 5. The number of thioether (sulfide) groups is 1. The quantitative estimate of drug-likeness (QED) is 0.789. The van der Waals surface area contributed by atoms with Gasteiger partial charge in [0, 0.05) is 21.8 Å². The molecule has 0 saturated carbocycles. The number of carbonyl (C=O) groups excluding carboxylic acids is 1. The summed E-state index contributed by atoms with van der Waals surface area (Å²) in [6.07, 6.45) is 3.04. The molecule has 0 unspecified atom stereocenters. The Kier molecular flexibility index (Phi) is 5.29. The summed E-state index contributed by atoms with van der Waals surface area (Å²) in [5, 5.41) is 11.6. The summed E-state index contributed by atoms with van der Waals surface area (Å²) in [7, 11) is 0. The number of carboxylic acid groups (broad SMARTS) is 1. The normalized spacial score (nSPS) is 10.1. The van der Waals surface area contributed by atoms with E-state index in [1.165, 1.54) is 18.5 Å². The predicted molar refractivity (Wildman–Crippen MR) is 82.5 cm³/mol. The number of nitrogens with zero attached hydrogens (tertiary/aromatic N) is 2. The Morgan fingerprint density at radius 3 is 2.67 bits per heavy atom. The van der Waals surface area contributed by atoms with Gasteiger partial charge in [-0.3, -0.25) is 10.1 Å². The number of anilines is 1. The first-order valence-corrected chi connectivity index (χ1v) is 7.56. The summed E-state index contributed by atoms with van der Waals surface area (Å²) in [6.45, 7) is 0. The number of rotatable bonds is 5. The van der Waals surface area contributed by atoms with E-state index in [2.05, 4.69) is 31.2 Å². The molecule has 1 aromatic carbocycles. The van der Waals surface area contributed by atoms with Gasteiger partial charge in [-0.25, -0.2) is 14.8 Å². The first-order valence-electron chi connectivity index (χ1n) is 5.79. The van der Waals surface area contributed by atoms with Gasteiger partial charge < -0.3 is 5.11 Å². The van der Waals surface area contributed by atoms with Crippen molar-refractivity contribution in [1.82, 2.24) is 9.97 Å². The molecule has 0 atom stereocenters. The molecule has 1 amide bonds. The van der Waals surface area contributed by atoms with E-state index in [0.717, 1.165) is 16.2 Å². The monoisotopic (exact) mass is 367 g/mol. The highest BCUT2D eigenvalue weighted by molar-refractivity contribution is 9.10. The highest BCUT2D eigenvalue weighted by Crippen LogP contribution is 2.26. The molecule has 0 fully saturated rings. The van der Waals surface area contributed by atoms with E-state index in [4.69, 9.17) is 5.11 Å². The van der Waals surface area contributed by atoms with Crippen LogP contribution in [0.25, 0.3) is 0 Å². The molecule has 0 aliphatic rings. The highest BCUT2D eigenvalue weighted by atomic mass is 79.9. The van der Waals surface area contributed by atoms with Crippen molar-refractivity contribution in [2.24, 2.45) is 0 Å². The van der Waals surface area contributed by atoms with Crippen LogP contribution in [-0.4, -0.2) is 32.7 Å². The molecule has 0 aliphatic heterocycles. The molecule has 1 heterocycles. The smallest absolute Gasteiger partial charge is 0.336 e. The molecular weight excluding hydrogens is 358 g/mol. The van der Waals surface area contributed by atoms with E-state index >= 15 is 0 Å². The van der Waals surface area contributed by atoms with Crippen LogP contribution < -0.4 is 5.32 Å². The lowest BCUT2D eigenvalue weighted by Crippen LogP contribution is -2.16. The van der Waals surface area contributed by atoms with Crippen LogP contribution in [-0.2, 0) is 4.79 Å². The molecule has 2 rings (SSSR count). The third-order valence-electron chi connectivity index (χ3n) is 2.35. The number of amides is 1. The maximum atomic E-state index is 11.8. The van der Waals surface area contributed by atoms with Crippen LogP contribution >= 0.6 is 27.7 Å². The molecule has 0 aliphatic carbocycles. The summed E-state index contributed by atoms with van der Waals surface area (Å²) in [5.74, 6) is -1.05. The average molecular weight is 368 g/mol. The Morgan fingerprint density at radius 1 is 1.29 bits per heavy atom. The van der Waals surface area contributed by atoms with E-state index < -0.39 is 5.97 Å². The van der Waals surface area contributed by atoms with Crippen LogP contribution in [0.4, 0.5) is 5.95 Å². The van der Waals surface area contributed by atoms with Crippen molar-refractivity contribution in [3.63, 3.8) is 0 Å². The van der Waals surface area contributed by atoms with Crippen molar-refractivity contribution in [3.8, 4) is 0 Å². The fourth-order valence-corrected chi connectivity index (χ4v) is 2.85. The van der Waals surface area contributed by atoms with Crippen LogP contribution in [0.1, 0.15) is 10.4 Å². The number of benzene rings is 1. The van der Waals surface area contributed by atoms with Crippen molar-refractivity contribution in [2.75, 3.05) is 11.1 Å². The largest absolute Gasteiger partial charge is 0.478 e. The molecular formula is C13H10BrN3O3S. The number of carbonyl (C=O) groups is 2. The third-order valence-corrected chi connectivity index (χ3v) is 3.90. The van der Waals surface area contributed by atoms with Crippen molar-refractivity contribution in [3.05, 3.63) is 46.7 Å². The zero-order valence-corrected chi connectivity index (χ0v) is 13.0. The fourth-order valence-electron chi connectivity index (χ4n) is 1.46. The van der Waals surface area contributed by atoms with Crippen LogP contribution in [0.2, 0.25) is 0 Å². The van der Waals surface area contributed by atoms with Crippen LogP contribution in [0, 0.1) is 0 Å². The van der Waals surface area contributed by atoms with Gasteiger partial charge in [0.15, 0.2) is 0 Å².